The van der Waals surface area contributed by atoms with Crippen molar-refractivity contribution in [3.8, 4) is 5.75 Å². The van der Waals surface area contributed by atoms with Crippen LogP contribution in [0.3, 0.4) is 0 Å². The third-order valence-corrected chi connectivity index (χ3v) is 2.54. The number of phenols is 1. The Morgan fingerprint density at radius 2 is 1.44 bits per heavy atom. The molecule has 0 aromatic heterocycles. The van der Waals surface area contributed by atoms with Gasteiger partial charge in [0.2, 0.25) is 0 Å². The number of halogens is 3. The summed E-state index contributed by atoms with van der Waals surface area (Å²) in [6.07, 6.45) is 0. The topological polar surface area (TPSA) is 106 Å². The van der Waals surface area contributed by atoms with Gasteiger partial charge in [-0.15, -0.1) is 0 Å². The SMILES string of the molecule is NC(=O)C(N)=O.Oc1ccc(Cl)c(Cl)c1Cl. The molecule has 0 spiro atoms. The van der Waals surface area contributed by atoms with Crippen LogP contribution in [-0.4, -0.2) is 16.9 Å². The maximum atomic E-state index is 9.45. The number of primary amides is 2. The molecular weight excluding hydrogens is 278 g/mol. The second-order valence-corrected chi connectivity index (χ2v) is 3.59. The summed E-state index contributed by atoms with van der Waals surface area (Å²) in [5.41, 5.74) is 8.64. The Kier molecular flexibility index (Phi) is 5.95. The normalized spacial score (nSPS) is 8.94. The highest BCUT2D eigenvalue weighted by atomic mass is 35.5. The molecule has 1 aromatic rings. The minimum Gasteiger partial charge on any atom is -0.506 e. The first kappa shape index (κ1) is 14.8. The second-order valence-electron chi connectivity index (χ2n) is 2.42. The molecule has 5 nitrogen and oxygen atoms in total. The van der Waals surface area contributed by atoms with E-state index in [-0.39, 0.29) is 15.8 Å². The molecule has 1 rings (SSSR count). The quantitative estimate of drug-likeness (QED) is 0.494. The van der Waals surface area contributed by atoms with E-state index in [0.717, 1.165) is 0 Å². The van der Waals surface area contributed by atoms with Gasteiger partial charge in [-0.25, -0.2) is 0 Å². The van der Waals surface area contributed by atoms with Crippen molar-refractivity contribution in [3.05, 3.63) is 27.2 Å². The van der Waals surface area contributed by atoms with Gasteiger partial charge in [0, 0.05) is 0 Å². The van der Waals surface area contributed by atoms with Crippen LogP contribution in [0.4, 0.5) is 0 Å². The zero-order valence-electron chi connectivity index (χ0n) is 7.71. The summed E-state index contributed by atoms with van der Waals surface area (Å²) >= 11 is 16.6. The van der Waals surface area contributed by atoms with Crippen molar-refractivity contribution in [2.75, 3.05) is 0 Å². The van der Waals surface area contributed by atoms with Crippen LogP contribution < -0.4 is 11.5 Å². The number of phenolic OH excluding ortho intramolecular Hbond substituents is 1. The molecule has 0 radical (unpaired) electrons. The molecule has 0 fully saturated rings. The Labute approximate surface area is 106 Å². The summed E-state index contributed by atoms with van der Waals surface area (Å²) in [5.74, 6) is -2.26. The Balaban J connectivity index is 0.000000325. The summed E-state index contributed by atoms with van der Waals surface area (Å²) in [7, 11) is 0. The van der Waals surface area contributed by atoms with E-state index in [9.17, 15) is 9.59 Å². The van der Waals surface area contributed by atoms with Gasteiger partial charge >= 0.3 is 11.8 Å². The van der Waals surface area contributed by atoms with Crippen LogP contribution in [-0.2, 0) is 9.59 Å². The minimum atomic E-state index is -1.10. The van der Waals surface area contributed by atoms with E-state index in [0.29, 0.717) is 5.02 Å². The minimum absolute atomic E-state index is 0.0592. The van der Waals surface area contributed by atoms with Gasteiger partial charge in [0.05, 0.1) is 10.0 Å². The number of aromatic hydroxyl groups is 1. The molecule has 5 N–H and O–H groups in total. The highest BCUT2D eigenvalue weighted by molar-refractivity contribution is 6.48. The average Bonchev–Trinajstić information content (AvgIpc) is 2.21. The van der Waals surface area contributed by atoms with Crippen LogP contribution in [0.2, 0.25) is 15.1 Å². The molecule has 0 atom stereocenters. The molecule has 0 saturated heterocycles. The molecule has 0 heterocycles. The smallest absolute Gasteiger partial charge is 0.306 e. The van der Waals surface area contributed by atoms with Crippen LogP contribution in [0.15, 0.2) is 12.1 Å². The summed E-state index contributed by atoms with van der Waals surface area (Å²) in [6, 6.07) is 2.86. The Morgan fingerprint density at radius 1 is 1.00 bits per heavy atom. The fraction of sp³-hybridized carbons (Fsp3) is 0. The number of hydrogen-bond acceptors (Lipinski definition) is 3. The summed E-state index contributed by atoms with van der Waals surface area (Å²) in [4.78, 5) is 18.9. The van der Waals surface area contributed by atoms with E-state index in [1.54, 1.807) is 0 Å². The molecule has 2 amide bonds. The van der Waals surface area contributed by atoms with Gasteiger partial charge in [-0.2, -0.15) is 0 Å². The zero-order valence-corrected chi connectivity index (χ0v) is 9.97. The monoisotopic (exact) mass is 284 g/mol. The van der Waals surface area contributed by atoms with Gasteiger partial charge in [0.15, 0.2) is 0 Å². The van der Waals surface area contributed by atoms with Crippen molar-refractivity contribution >= 4 is 46.6 Å². The van der Waals surface area contributed by atoms with Gasteiger partial charge in [0.25, 0.3) is 0 Å². The van der Waals surface area contributed by atoms with Crippen LogP contribution in [0.1, 0.15) is 0 Å². The third-order valence-electron chi connectivity index (χ3n) is 1.26. The van der Waals surface area contributed by atoms with Crippen molar-refractivity contribution in [1.82, 2.24) is 0 Å². The lowest BCUT2D eigenvalue weighted by Gasteiger charge is -1.99. The average molecular weight is 286 g/mol. The first-order valence-corrected chi connectivity index (χ1v) is 4.82. The summed E-state index contributed by atoms with van der Waals surface area (Å²) < 4.78 is 0. The van der Waals surface area contributed by atoms with Crippen molar-refractivity contribution < 1.29 is 14.7 Å². The molecule has 0 unspecified atom stereocenters. The summed E-state index contributed by atoms with van der Waals surface area (Å²) in [5, 5.41) is 9.56. The third kappa shape index (κ3) is 4.57. The van der Waals surface area contributed by atoms with E-state index in [4.69, 9.17) is 39.9 Å². The maximum absolute atomic E-state index is 9.45. The summed E-state index contributed by atoms with van der Waals surface area (Å²) in [6.45, 7) is 0. The van der Waals surface area contributed by atoms with Gasteiger partial charge in [-0.3, -0.25) is 9.59 Å². The number of benzene rings is 1. The lowest BCUT2D eigenvalue weighted by atomic mass is 10.3. The van der Waals surface area contributed by atoms with E-state index < -0.39 is 11.8 Å². The van der Waals surface area contributed by atoms with Crippen molar-refractivity contribution in [2.24, 2.45) is 11.5 Å². The van der Waals surface area contributed by atoms with E-state index in [2.05, 4.69) is 11.5 Å². The van der Waals surface area contributed by atoms with Crippen molar-refractivity contribution in [3.63, 3.8) is 0 Å². The molecule has 16 heavy (non-hydrogen) atoms. The molecule has 8 heteroatoms. The lowest BCUT2D eigenvalue weighted by molar-refractivity contribution is -0.135. The highest BCUT2D eigenvalue weighted by Crippen LogP contribution is 2.35. The molecular formula is C8H7Cl3N2O3. The zero-order chi connectivity index (χ0) is 12.9. The molecule has 0 aliphatic rings. The second kappa shape index (κ2) is 6.42. The number of carbonyl (C=O) groups excluding carboxylic acids is 2. The Morgan fingerprint density at radius 3 is 1.75 bits per heavy atom. The largest absolute Gasteiger partial charge is 0.506 e. The van der Waals surface area contributed by atoms with Crippen molar-refractivity contribution in [1.29, 1.82) is 0 Å². The van der Waals surface area contributed by atoms with Crippen LogP contribution in [0.25, 0.3) is 0 Å². The molecule has 1 aromatic carbocycles. The van der Waals surface area contributed by atoms with Crippen LogP contribution >= 0.6 is 34.8 Å². The molecule has 88 valence electrons. The van der Waals surface area contributed by atoms with Gasteiger partial charge in [-0.05, 0) is 12.1 Å². The lowest BCUT2D eigenvalue weighted by Crippen LogP contribution is -2.29. The molecule has 0 bridgehead atoms. The first-order chi connectivity index (χ1) is 7.27. The fourth-order valence-electron chi connectivity index (χ4n) is 0.516. The maximum Gasteiger partial charge on any atom is 0.306 e. The van der Waals surface area contributed by atoms with Crippen molar-refractivity contribution in [2.45, 2.75) is 0 Å². The number of nitrogens with two attached hydrogens (primary N) is 2. The molecule has 0 aliphatic carbocycles. The fourth-order valence-corrected chi connectivity index (χ4v) is 1.05. The van der Waals surface area contributed by atoms with Gasteiger partial charge in [0.1, 0.15) is 10.8 Å². The predicted octanol–water partition coefficient (Wildman–Crippen LogP) is 1.31. The first-order valence-electron chi connectivity index (χ1n) is 3.69. The number of carbonyl (C=O) groups is 2. The molecule has 0 saturated carbocycles. The number of hydrogen-bond donors (Lipinski definition) is 3. The Hall–Kier alpha value is -1.17. The van der Waals surface area contributed by atoms with E-state index in [1.807, 2.05) is 0 Å². The van der Waals surface area contributed by atoms with Gasteiger partial charge in [-0.1, -0.05) is 34.8 Å². The van der Waals surface area contributed by atoms with E-state index in [1.165, 1.54) is 12.1 Å². The molecule has 0 aliphatic heterocycles. The van der Waals surface area contributed by atoms with Crippen LogP contribution in [0, 0.1) is 0 Å². The standard InChI is InChI=1S/C6H3Cl3O.C2H4N2O2/c7-3-1-2-4(10)6(9)5(3)8;3-1(5)2(4)6/h1-2,10H;(H2,3,5)(H2,4,6). The van der Waals surface area contributed by atoms with Crippen LogP contribution in [0.5, 0.6) is 5.75 Å². The number of rotatable bonds is 0. The highest BCUT2D eigenvalue weighted by Gasteiger charge is 2.06. The van der Waals surface area contributed by atoms with E-state index >= 15 is 0 Å². The van der Waals surface area contributed by atoms with Gasteiger partial charge < -0.3 is 16.6 Å². The predicted molar refractivity (Wildman–Crippen MR) is 61.5 cm³/mol. The number of amides is 2. The Bertz CT molecular complexity index is 384.